The quantitative estimate of drug-likeness (QED) is 0.657. The van der Waals surface area contributed by atoms with Crippen LogP contribution < -0.4 is 5.32 Å². The number of amides is 1. The molecule has 1 N–H and O–H groups in total. The van der Waals surface area contributed by atoms with Crippen molar-refractivity contribution in [3.8, 4) is 0 Å². The van der Waals surface area contributed by atoms with Gasteiger partial charge < -0.3 is 14.8 Å². The predicted molar refractivity (Wildman–Crippen MR) is 108 cm³/mol. The molecule has 1 fully saturated rings. The number of aromatic nitrogens is 4. The lowest BCUT2D eigenvalue weighted by atomic mass is 9.98. The molecular formula is C19H25N5O5S. The minimum atomic E-state index is -0.599. The maximum absolute atomic E-state index is 12.8. The number of carbonyl (C=O) groups excluding carboxylic acids is 3. The van der Waals surface area contributed by atoms with Gasteiger partial charge in [0.2, 0.25) is 5.91 Å². The molecule has 11 heteroatoms. The highest BCUT2D eigenvalue weighted by Gasteiger charge is 2.29. The number of thiophene rings is 1. The summed E-state index contributed by atoms with van der Waals surface area (Å²) in [5.41, 5.74) is 0.608. The molecular weight excluding hydrogens is 410 g/mol. The summed E-state index contributed by atoms with van der Waals surface area (Å²) < 4.78 is 12.2. The number of esters is 2. The van der Waals surface area contributed by atoms with Crippen LogP contribution in [0.3, 0.4) is 0 Å². The second-order valence-corrected chi connectivity index (χ2v) is 8.11. The molecule has 0 unspecified atom stereocenters. The van der Waals surface area contributed by atoms with Gasteiger partial charge in [-0.15, -0.1) is 16.4 Å². The molecule has 0 aromatic carbocycles. The van der Waals surface area contributed by atoms with Crippen molar-refractivity contribution in [2.45, 2.75) is 58.5 Å². The fraction of sp³-hybridized carbons (Fsp3) is 0.579. The third kappa shape index (κ3) is 5.02. The van der Waals surface area contributed by atoms with Crippen molar-refractivity contribution in [3.63, 3.8) is 0 Å². The lowest BCUT2D eigenvalue weighted by molar-refractivity contribution is -0.115. The van der Waals surface area contributed by atoms with Gasteiger partial charge in [0.15, 0.2) is 5.82 Å². The SMILES string of the molecule is CCOC(=O)c1c(NC(=O)Cc2nnnn2C)sc(C(=O)OC2CCCCC2)c1C. The van der Waals surface area contributed by atoms with Crippen LogP contribution >= 0.6 is 11.3 Å². The summed E-state index contributed by atoms with van der Waals surface area (Å²) in [5, 5.41) is 13.9. The van der Waals surface area contributed by atoms with Crippen LogP contribution in [-0.2, 0) is 27.7 Å². The summed E-state index contributed by atoms with van der Waals surface area (Å²) in [6, 6.07) is 0. The molecule has 30 heavy (non-hydrogen) atoms. The standard InChI is InChI=1S/C19H25N5O5S/c1-4-28-18(26)15-11(2)16(19(27)29-12-8-6-5-7-9-12)30-17(15)20-14(25)10-13-21-22-23-24(13)3/h12H,4-10H2,1-3H3,(H,20,25). The Morgan fingerprint density at radius 3 is 2.57 bits per heavy atom. The van der Waals surface area contributed by atoms with Gasteiger partial charge in [0.25, 0.3) is 0 Å². The molecule has 2 aromatic rings. The van der Waals surface area contributed by atoms with Crippen molar-refractivity contribution in [1.82, 2.24) is 20.2 Å². The molecule has 0 bridgehead atoms. The third-order valence-corrected chi connectivity index (χ3v) is 6.10. The van der Waals surface area contributed by atoms with Crippen LogP contribution in [0.25, 0.3) is 0 Å². The summed E-state index contributed by atoms with van der Waals surface area (Å²) in [4.78, 5) is 38.1. The van der Waals surface area contributed by atoms with Crippen LogP contribution in [0, 0.1) is 6.92 Å². The topological polar surface area (TPSA) is 125 Å². The molecule has 2 aromatic heterocycles. The van der Waals surface area contributed by atoms with E-state index in [0.717, 1.165) is 43.4 Å². The highest BCUT2D eigenvalue weighted by Crippen LogP contribution is 2.35. The third-order valence-electron chi connectivity index (χ3n) is 4.92. The fourth-order valence-electron chi connectivity index (χ4n) is 3.35. The van der Waals surface area contributed by atoms with Gasteiger partial charge in [-0.05, 0) is 55.5 Å². The van der Waals surface area contributed by atoms with E-state index < -0.39 is 17.8 Å². The van der Waals surface area contributed by atoms with Crippen LogP contribution in [0.15, 0.2) is 0 Å². The Bertz CT molecular complexity index is 932. The Morgan fingerprint density at radius 2 is 1.93 bits per heavy atom. The van der Waals surface area contributed by atoms with E-state index in [1.54, 1.807) is 20.9 Å². The minimum absolute atomic E-state index is 0.0788. The van der Waals surface area contributed by atoms with Gasteiger partial charge in [-0.1, -0.05) is 6.42 Å². The Kier molecular flexibility index (Phi) is 7.14. The van der Waals surface area contributed by atoms with Crippen LogP contribution in [0.4, 0.5) is 5.00 Å². The first-order chi connectivity index (χ1) is 14.4. The van der Waals surface area contributed by atoms with Crippen molar-refractivity contribution in [2.24, 2.45) is 7.05 Å². The highest BCUT2D eigenvalue weighted by molar-refractivity contribution is 7.18. The lowest BCUT2D eigenvalue weighted by Gasteiger charge is -2.21. The van der Waals surface area contributed by atoms with Crippen LogP contribution in [0.5, 0.6) is 0 Å². The molecule has 0 aliphatic heterocycles. The second-order valence-electron chi connectivity index (χ2n) is 7.09. The Morgan fingerprint density at radius 1 is 1.20 bits per heavy atom. The summed E-state index contributed by atoms with van der Waals surface area (Å²) >= 11 is 1.02. The Labute approximate surface area is 177 Å². The van der Waals surface area contributed by atoms with E-state index in [-0.39, 0.29) is 29.7 Å². The van der Waals surface area contributed by atoms with E-state index >= 15 is 0 Å². The van der Waals surface area contributed by atoms with Crippen LogP contribution in [0.2, 0.25) is 0 Å². The number of nitrogens with one attached hydrogen (secondary N) is 1. The lowest BCUT2D eigenvalue weighted by Crippen LogP contribution is -2.21. The van der Waals surface area contributed by atoms with Crippen LogP contribution in [0.1, 0.15) is 70.4 Å². The predicted octanol–water partition coefficient (Wildman–Crippen LogP) is 2.43. The first-order valence-corrected chi connectivity index (χ1v) is 10.7. The van der Waals surface area contributed by atoms with E-state index in [0.29, 0.717) is 16.3 Å². The number of hydrogen-bond acceptors (Lipinski definition) is 9. The number of aryl methyl sites for hydroxylation is 1. The number of tetrazole rings is 1. The normalized spacial score (nSPS) is 14.4. The number of hydrogen-bond donors (Lipinski definition) is 1. The molecule has 162 valence electrons. The average molecular weight is 436 g/mol. The summed E-state index contributed by atoms with van der Waals surface area (Å²) in [5.74, 6) is -1.12. The van der Waals surface area contributed by atoms with Crippen LogP contribution in [-0.4, -0.2) is 50.8 Å². The molecule has 0 atom stereocenters. The van der Waals surface area contributed by atoms with Gasteiger partial charge in [-0.2, -0.15) is 0 Å². The first-order valence-electron chi connectivity index (χ1n) is 9.93. The molecule has 2 heterocycles. The molecule has 0 saturated heterocycles. The van der Waals surface area contributed by atoms with E-state index in [9.17, 15) is 14.4 Å². The minimum Gasteiger partial charge on any atom is -0.462 e. The first kappa shape index (κ1) is 21.9. The molecule has 3 rings (SSSR count). The Balaban J connectivity index is 1.82. The second kappa shape index (κ2) is 9.79. The van der Waals surface area contributed by atoms with E-state index in [1.807, 2.05) is 0 Å². The average Bonchev–Trinajstić information content (AvgIpc) is 3.25. The van der Waals surface area contributed by atoms with Crippen molar-refractivity contribution in [2.75, 3.05) is 11.9 Å². The van der Waals surface area contributed by atoms with Gasteiger partial charge in [0.05, 0.1) is 18.6 Å². The van der Waals surface area contributed by atoms with E-state index in [4.69, 9.17) is 9.47 Å². The maximum atomic E-state index is 12.8. The molecule has 0 spiro atoms. The fourth-order valence-corrected chi connectivity index (χ4v) is 4.44. The van der Waals surface area contributed by atoms with Gasteiger partial charge >= 0.3 is 11.9 Å². The van der Waals surface area contributed by atoms with E-state index in [2.05, 4.69) is 20.8 Å². The van der Waals surface area contributed by atoms with E-state index in [1.165, 1.54) is 4.68 Å². The summed E-state index contributed by atoms with van der Waals surface area (Å²) in [7, 11) is 1.63. The van der Waals surface area contributed by atoms with Gasteiger partial charge in [-0.25, -0.2) is 14.3 Å². The van der Waals surface area contributed by atoms with Gasteiger partial charge in [0.1, 0.15) is 16.0 Å². The highest BCUT2D eigenvalue weighted by atomic mass is 32.1. The molecule has 10 nitrogen and oxygen atoms in total. The molecule has 0 radical (unpaired) electrons. The number of ether oxygens (including phenoxy) is 2. The number of rotatable bonds is 7. The molecule has 1 aliphatic rings. The number of nitrogens with zero attached hydrogens (tertiary/aromatic N) is 4. The number of anilines is 1. The largest absolute Gasteiger partial charge is 0.462 e. The zero-order valence-electron chi connectivity index (χ0n) is 17.3. The summed E-state index contributed by atoms with van der Waals surface area (Å²) in [6.07, 6.45) is 4.72. The molecule has 1 aliphatic carbocycles. The molecule has 1 amide bonds. The zero-order valence-corrected chi connectivity index (χ0v) is 18.1. The van der Waals surface area contributed by atoms with Crippen molar-refractivity contribution in [3.05, 3.63) is 21.8 Å². The van der Waals surface area contributed by atoms with Crippen molar-refractivity contribution < 1.29 is 23.9 Å². The maximum Gasteiger partial charge on any atom is 0.348 e. The monoisotopic (exact) mass is 435 g/mol. The zero-order chi connectivity index (χ0) is 21.7. The van der Waals surface area contributed by atoms with Gasteiger partial charge in [0, 0.05) is 7.05 Å². The molecule has 1 saturated carbocycles. The van der Waals surface area contributed by atoms with Crippen molar-refractivity contribution in [1.29, 1.82) is 0 Å². The number of carbonyl (C=O) groups is 3. The summed E-state index contributed by atoms with van der Waals surface area (Å²) in [6.45, 7) is 3.52. The Hall–Kier alpha value is -2.82. The smallest absolute Gasteiger partial charge is 0.348 e. The van der Waals surface area contributed by atoms with Gasteiger partial charge in [-0.3, -0.25) is 4.79 Å². The van der Waals surface area contributed by atoms with Crippen molar-refractivity contribution >= 4 is 34.2 Å².